The van der Waals surface area contributed by atoms with Crippen LogP contribution in [-0.2, 0) is 11.2 Å². The maximum atomic E-state index is 11.6. The molecule has 0 saturated heterocycles. The van der Waals surface area contributed by atoms with E-state index >= 15 is 0 Å². The summed E-state index contributed by atoms with van der Waals surface area (Å²) in [7, 11) is 1.90. The number of hydrogen-bond acceptors (Lipinski definition) is 2. The first-order chi connectivity index (χ1) is 7.15. The second kappa shape index (κ2) is 5.91. The molecule has 1 rings (SSSR count). The zero-order valence-electron chi connectivity index (χ0n) is 9.69. The normalized spacial score (nSPS) is 12.5. The van der Waals surface area contributed by atoms with Gasteiger partial charge < -0.3 is 4.90 Å². The molecule has 0 aliphatic heterocycles. The predicted molar refractivity (Wildman–Crippen MR) is 65.2 cm³/mol. The molecule has 0 aliphatic rings. The van der Waals surface area contributed by atoms with Crippen LogP contribution in [0.15, 0.2) is 17.5 Å². The highest BCUT2D eigenvalue weighted by molar-refractivity contribution is 7.09. The molecule has 1 amide bonds. The number of thiophene rings is 1. The van der Waals surface area contributed by atoms with Crippen molar-refractivity contribution in [1.82, 2.24) is 4.90 Å². The van der Waals surface area contributed by atoms with Crippen molar-refractivity contribution in [2.75, 3.05) is 7.05 Å². The number of amides is 1. The van der Waals surface area contributed by atoms with Gasteiger partial charge in [-0.15, -0.1) is 11.3 Å². The van der Waals surface area contributed by atoms with Crippen molar-refractivity contribution in [2.24, 2.45) is 0 Å². The Hall–Kier alpha value is -0.830. The molecule has 2 nitrogen and oxygen atoms in total. The lowest BCUT2D eigenvalue weighted by Crippen LogP contribution is -2.36. The van der Waals surface area contributed by atoms with Crippen molar-refractivity contribution < 1.29 is 4.79 Å². The van der Waals surface area contributed by atoms with Crippen LogP contribution in [-0.4, -0.2) is 23.9 Å². The number of likely N-dealkylation sites (N-methyl/N-ethyl adjacent to an activating group) is 1. The quantitative estimate of drug-likeness (QED) is 0.754. The molecule has 1 aromatic rings. The highest BCUT2D eigenvalue weighted by Gasteiger charge is 2.15. The lowest BCUT2D eigenvalue weighted by Gasteiger charge is -2.24. The maximum Gasteiger partial charge on any atom is 0.222 e. The van der Waals surface area contributed by atoms with Crippen molar-refractivity contribution in [3.63, 3.8) is 0 Å². The van der Waals surface area contributed by atoms with Gasteiger partial charge in [-0.3, -0.25) is 4.79 Å². The van der Waals surface area contributed by atoms with Gasteiger partial charge in [0.15, 0.2) is 0 Å². The fourth-order valence-electron chi connectivity index (χ4n) is 1.49. The van der Waals surface area contributed by atoms with E-state index in [1.54, 1.807) is 11.3 Å². The molecule has 0 saturated carbocycles. The van der Waals surface area contributed by atoms with Gasteiger partial charge in [-0.1, -0.05) is 13.0 Å². The molecule has 1 heterocycles. The van der Waals surface area contributed by atoms with Gasteiger partial charge in [0.2, 0.25) is 5.91 Å². The van der Waals surface area contributed by atoms with Crippen LogP contribution in [0.1, 0.15) is 31.6 Å². The van der Waals surface area contributed by atoms with E-state index in [1.165, 1.54) is 4.88 Å². The van der Waals surface area contributed by atoms with E-state index in [-0.39, 0.29) is 5.91 Å². The van der Waals surface area contributed by atoms with Crippen molar-refractivity contribution in [1.29, 1.82) is 0 Å². The molecule has 0 bridgehead atoms. The van der Waals surface area contributed by atoms with Crippen LogP contribution in [0.5, 0.6) is 0 Å². The minimum atomic E-state index is 0.251. The minimum absolute atomic E-state index is 0.251. The molecule has 84 valence electrons. The number of carbonyl (C=O) groups is 1. The number of hydrogen-bond donors (Lipinski definition) is 0. The first kappa shape index (κ1) is 12.2. The smallest absolute Gasteiger partial charge is 0.222 e. The van der Waals surface area contributed by atoms with E-state index in [1.807, 2.05) is 18.9 Å². The average molecular weight is 225 g/mol. The minimum Gasteiger partial charge on any atom is -0.343 e. The topological polar surface area (TPSA) is 20.3 Å². The molecule has 0 N–H and O–H groups in total. The van der Waals surface area contributed by atoms with E-state index in [2.05, 4.69) is 24.4 Å². The summed E-state index contributed by atoms with van der Waals surface area (Å²) in [4.78, 5) is 14.9. The summed E-state index contributed by atoms with van der Waals surface area (Å²) >= 11 is 1.76. The Balaban J connectivity index is 2.46. The van der Waals surface area contributed by atoms with Crippen molar-refractivity contribution >= 4 is 17.2 Å². The third-order valence-corrected chi connectivity index (χ3v) is 3.49. The van der Waals surface area contributed by atoms with Gasteiger partial charge >= 0.3 is 0 Å². The van der Waals surface area contributed by atoms with Gasteiger partial charge in [-0.25, -0.2) is 0 Å². The largest absolute Gasteiger partial charge is 0.343 e. The Labute approximate surface area is 95.9 Å². The van der Waals surface area contributed by atoms with Crippen LogP contribution in [0.3, 0.4) is 0 Å². The number of nitrogens with zero attached hydrogens (tertiary/aromatic N) is 1. The first-order valence-electron chi connectivity index (χ1n) is 5.43. The Morgan fingerprint density at radius 2 is 2.33 bits per heavy atom. The van der Waals surface area contributed by atoms with Gasteiger partial charge in [0.25, 0.3) is 0 Å². The van der Waals surface area contributed by atoms with E-state index in [0.29, 0.717) is 12.5 Å². The summed E-state index contributed by atoms with van der Waals surface area (Å²) in [5.74, 6) is 0.251. The molecule has 0 aromatic carbocycles. The Kier molecular flexibility index (Phi) is 4.82. The summed E-state index contributed by atoms with van der Waals surface area (Å²) in [5, 5.41) is 2.08. The van der Waals surface area contributed by atoms with Gasteiger partial charge in [0, 0.05) is 30.8 Å². The van der Waals surface area contributed by atoms with Crippen molar-refractivity contribution in [2.45, 2.75) is 39.2 Å². The summed E-state index contributed by atoms with van der Waals surface area (Å²) < 4.78 is 0. The average Bonchev–Trinajstić information content (AvgIpc) is 2.69. The van der Waals surface area contributed by atoms with Gasteiger partial charge in [0.1, 0.15) is 0 Å². The molecule has 1 atom stereocenters. The van der Waals surface area contributed by atoms with Gasteiger partial charge in [0.05, 0.1) is 0 Å². The molecule has 1 aromatic heterocycles. The van der Waals surface area contributed by atoms with E-state index in [4.69, 9.17) is 0 Å². The molecule has 0 radical (unpaired) electrons. The van der Waals surface area contributed by atoms with E-state index < -0.39 is 0 Å². The fraction of sp³-hybridized carbons (Fsp3) is 0.583. The molecule has 0 fully saturated rings. The zero-order chi connectivity index (χ0) is 11.3. The highest BCUT2D eigenvalue weighted by Crippen LogP contribution is 2.14. The lowest BCUT2D eigenvalue weighted by atomic mass is 10.1. The lowest BCUT2D eigenvalue weighted by molar-refractivity contribution is -0.131. The third kappa shape index (κ3) is 3.67. The molecule has 0 aliphatic carbocycles. The Morgan fingerprint density at radius 1 is 1.60 bits per heavy atom. The second-order valence-corrected chi connectivity index (χ2v) is 4.92. The van der Waals surface area contributed by atoms with Gasteiger partial charge in [-0.05, 0) is 24.8 Å². The SMILES string of the molecule is CCCC(=O)N(C)C(C)Cc1cccs1. The second-order valence-electron chi connectivity index (χ2n) is 3.89. The Bertz CT molecular complexity index is 295. The van der Waals surface area contributed by atoms with Crippen LogP contribution in [0.2, 0.25) is 0 Å². The van der Waals surface area contributed by atoms with Crippen LogP contribution in [0.4, 0.5) is 0 Å². The molecular formula is C12H19NOS. The summed E-state index contributed by atoms with van der Waals surface area (Å²) in [5.41, 5.74) is 0. The highest BCUT2D eigenvalue weighted by atomic mass is 32.1. The van der Waals surface area contributed by atoms with Crippen LogP contribution in [0, 0.1) is 0 Å². The van der Waals surface area contributed by atoms with Crippen molar-refractivity contribution in [3.8, 4) is 0 Å². The number of carbonyl (C=O) groups excluding carboxylic acids is 1. The molecule has 1 unspecified atom stereocenters. The van der Waals surface area contributed by atoms with Crippen LogP contribution >= 0.6 is 11.3 Å². The molecular weight excluding hydrogens is 206 g/mol. The summed E-state index contributed by atoms with van der Waals surface area (Å²) in [6, 6.07) is 4.47. The number of rotatable bonds is 5. The standard InChI is InChI=1S/C12H19NOS/c1-4-6-12(14)13(3)10(2)9-11-7-5-8-15-11/h5,7-8,10H,4,6,9H2,1-3H3. The zero-order valence-corrected chi connectivity index (χ0v) is 10.5. The third-order valence-electron chi connectivity index (χ3n) is 2.60. The van der Waals surface area contributed by atoms with E-state index in [0.717, 1.165) is 12.8 Å². The Morgan fingerprint density at radius 3 is 2.87 bits per heavy atom. The maximum absolute atomic E-state index is 11.6. The monoisotopic (exact) mass is 225 g/mol. The molecule has 0 spiro atoms. The van der Waals surface area contributed by atoms with Crippen LogP contribution < -0.4 is 0 Å². The van der Waals surface area contributed by atoms with Gasteiger partial charge in [-0.2, -0.15) is 0 Å². The fourth-order valence-corrected chi connectivity index (χ4v) is 2.32. The summed E-state index contributed by atoms with van der Waals surface area (Å²) in [6.07, 6.45) is 2.55. The first-order valence-corrected chi connectivity index (χ1v) is 6.31. The van der Waals surface area contributed by atoms with Crippen molar-refractivity contribution in [3.05, 3.63) is 22.4 Å². The summed E-state index contributed by atoms with van der Waals surface area (Å²) in [6.45, 7) is 4.14. The van der Waals surface area contributed by atoms with Crippen LogP contribution in [0.25, 0.3) is 0 Å². The van der Waals surface area contributed by atoms with E-state index in [9.17, 15) is 4.79 Å². The molecule has 15 heavy (non-hydrogen) atoms. The predicted octanol–water partition coefficient (Wildman–Crippen LogP) is 2.94. The molecule has 3 heteroatoms.